The van der Waals surface area contributed by atoms with Crippen molar-refractivity contribution in [2.45, 2.75) is 12.1 Å². The van der Waals surface area contributed by atoms with Crippen LogP contribution in [-0.4, -0.2) is 22.9 Å². The van der Waals surface area contributed by atoms with Gasteiger partial charge in [-0.25, -0.2) is 4.79 Å². The van der Waals surface area contributed by atoms with E-state index in [1.165, 1.54) is 18.0 Å². The number of carbonyl (C=O) groups is 1. The summed E-state index contributed by atoms with van der Waals surface area (Å²) in [7, 11) is 1.31. The number of methoxy groups -OCH3 is 1. The lowest BCUT2D eigenvalue weighted by molar-refractivity contribution is -0.148. The third-order valence-corrected chi connectivity index (χ3v) is 3.05. The summed E-state index contributed by atoms with van der Waals surface area (Å²) in [6.45, 7) is 0.149. The summed E-state index contributed by atoms with van der Waals surface area (Å²) in [6, 6.07) is 9.04. The predicted molar refractivity (Wildman–Crippen MR) is 71.6 cm³/mol. The summed E-state index contributed by atoms with van der Waals surface area (Å²) in [5.74, 6) is -0.523. The monoisotopic (exact) mass is 279 g/mol. The van der Waals surface area contributed by atoms with Crippen LogP contribution in [0.4, 0.5) is 0 Å². The van der Waals surface area contributed by atoms with E-state index in [0.717, 1.165) is 0 Å². The topological polar surface area (TPSA) is 70.1 Å². The van der Waals surface area contributed by atoms with E-state index < -0.39 is 11.5 Å². The first-order valence-electron chi connectivity index (χ1n) is 5.67. The zero-order valence-electron chi connectivity index (χ0n) is 10.4. The number of halogens is 1. The molecule has 2 N–H and O–H groups in total. The van der Waals surface area contributed by atoms with Gasteiger partial charge < -0.3 is 10.5 Å². The molecule has 0 amide bonds. The van der Waals surface area contributed by atoms with Crippen molar-refractivity contribution in [3.05, 3.63) is 53.3 Å². The number of ether oxygens (including phenoxy) is 1. The van der Waals surface area contributed by atoms with Gasteiger partial charge in [0.15, 0.2) is 5.54 Å². The van der Waals surface area contributed by atoms with Crippen LogP contribution in [0.3, 0.4) is 0 Å². The van der Waals surface area contributed by atoms with Gasteiger partial charge in [0.05, 0.1) is 24.9 Å². The van der Waals surface area contributed by atoms with Crippen LogP contribution in [0.2, 0.25) is 5.02 Å². The number of hydrogen-bond acceptors (Lipinski definition) is 4. The van der Waals surface area contributed by atoms with Crippen LogP contribution in [0.5, 0.6) is 0 Å². The highest BCUT2D eigenvalue weighted by atomic mass is 35.5. The van der Waals surface area contributed by atoms with Gasteiger partial charge in [0.2, 0.25) is 0 Å². The standard InChI is InChI=1S/C13H14ClN3O2/c1-19-12(18)13(15,10-5-3-2-4-6-10)9-17-8-11(14)7-16-17/h2-8H,9,15H2,1H3. The molecule has 0 radical (unpaired) electrons. The SMILES string of the molecule is COC(=O)C(N)(Cn1cc(Cl)cn1)c1ccccc1. The minimum atomic E-state index is -1.30. The van der Waals surface area contributed by atoms with Gasteiger partial charge in [-0.15, -0.1) is 0 Å². The fourth-order valence-corrected chi connectivity index (χ4v) is 2.03. The van der Waals surface area contributed by atoms with Crippen LogP contribution in [0.15, 0.2) is 42.7 Å². The Kier molecular flexibility index (Phi) is 3.87. The van der Waals surface area contributed by atoms with E-state index in [2.05, 4.69) is 5.10 Å². The van der Waals surface area contributed by atoms with Gasteiger partial charge in [-0.2, -0.15) is 5.10 Å². The van der Waals surface area contributed by atoms with Crippen LogP contribution in [0.25, 0.3) is 0 Å². The first-order valence-corrected chi connectivity index (χ1v) is 6.05. The van der Waals surface area contributed by atoms with Crippen molar-refractivity contribution < 1.29 is 9.53 Å². The molecule has 6 heteroatoms. The van der Waals surface area contributed by atoms with Gasteiger partial charge in [-0.05, 0) is 5.56 Å². The average molecular weight is 280 g/mol. The molecule has 0 aliphatic heterocycles. The molecule has 1 aromatic carbocycles. The van der Waals surface area contributed by atoms with Gasteiger partial charge in [-0.3, -0.25) is 4.68 Å². The second-order valence-corrected chi connectivity index (χ2v) is 4.62. The molecule has 1 unspecified atom stereocenters. The number of hydrogen-bond donors (Lipinski definition) is 1. The largest absolute Gasteiger partial charge is 0.467 e. The van der Waals surface area contributed by atoms with Gasteiger partial charge in [0.25, 0.3) is 0 Å². The first-order chi connectivity index (χ1) is 9.06. The summed E-state index contributed by atoms with van der Waals surface area (Å²) < 4.78 is 6.33. The minimum Gasteiger partial charge on any atom is -0.467 e. The van der Waals surface area contributed by atoms with Gasteiger partial charge in [0.1, 0.15) is 0 Å². The Morgan fingerprint density at radius 1 is 1.47 bits per heavy atom. The Labute approximate surface area is 115 Å². The van der Waals surface area contributed by atoms with Crippen molar-refractivity contribution in [3.8, 4) is 0 Å². The lowest BCUT2D eigenvalue weighted by Gasteiger charge is -2.26. The first kappa shape index (κ1) is 13.6. The van der Waals surface area contributed by atoms with E-state index in [-0.39, 0.29) is 6.54 Å². The van der Waals surface area contributed by atoms with Crippen molar-refractivity contribution in [2.24, 2.45) is 5.73 Å². The maximum absolute atomic E-state index is 12.0. The number of carbonyl (C=O) groups excluding carboxylic acids is 1. The second-order valence-electron chi connectivity index (χ2n) is 4.19. The Morgan fingerprint density at radius 2 is 2.16 bits per heavy atom. The molecule has 1 atom stereocenters. The molecule has 2 aromatic rings. The summed E-state index contributed by atoms with van der Waals surface area (Å²) in [6.07, 6.45) is 3.10. The zero-order chi connectivity index (χ0) is 13.9. The lowest BCUT2D eigenvalue weighted by Crippen LogP contribution is -2.49. The van der Waals surface area contributed by atoms with Gasteiger partial charge in [-0.1, -0.05) is 41.9 Å². The molecule has 0 aliphatic rings. The van der Waals surface area contributed by atoms with Crippen molar-refractivity contribution >= 4 is 17.6 Å². The van der Waals surface area contributed by atoms with Gasteiger partial charge >= 0.3 is 5.97 Å². The fourth-order valence-electron chi connectivity index (χ4n) is 1.87. The van der Waals surface area contributed by atoms with Crippen molar-refractivity contribution in [2.75, 3.05) is 7.11 Å². The number of esters is 1. The highest BCUT2D eigenvalue weighted by Gasteiger charge is 2.38. The number of rotatable bonds is 4. The third kappa shape index (κ3) is 2.77. The maximum Gasteiger partial charge on any atom is 0.332 e. The zero-order valence-corrected chi connectivity index (χ0v) is 11.2. The minimum absolute atomic E-state index is 0.149. The molecule has 5 nitrogen and oxygen atoms in total. The van der Waals surface area contributed by atoms with E-state index in [1.54, 1.807) is 18.3 Å². The molecule has 2 rings (SSSR count). The normalized spacial score (nSPS) is 13.8. The van der Waals surface area contributed by atoms with Crippen LogP contribution in [0.1, 0.15) is 5.56 Å². The number of aromatic nitrogens is 2. The third-order valence-electron chi connectivity index (χ3n) is 2.85. The molecular formula is C13H14ClN3O2. The van der Waals surface area contributed by atoms with Crippen molar-refractivity contribution in [1.82, 2.24) is 9.78 Å². The fraction of sp³-hybridized carbons (Fsp3) is 0.231. The summed E-state index contributed by atoms with van der Waals surface area (Å²) in [5, 5.41) is 4.53. The summed E-state index contributed by atoms with van der Waals surface area (Å²) >= 11 is 5.81. The Balaban J connectivity index is 2.38. The van der Waals surface area contributed by atoms with Crippen molar-refractivity contribution in [3.63, 3.8) is 0 Å². The van der Waals surface area contributed by atoms with E-state index in [4.69, 9.17) is 22.1 Å². The lowest BCUT2D eigenvalue weighted by atomic mass is 9.91. The van der Waals surface area contributed by atoms with E-state index in [9.17, 15) is 4.79 Å². The number of nitrogens with zero attached hydrogens (tertiary/aromatic N) is 2. The van der Waals surface area contributed by atoms with Crippen LogP contribution in [-0.2, 0) is 21.6 Å². The van der Waals surface area contributed by atoms with E-state index in [0.29, 0.717) is 10.6 Å². The molecule has 0 saturated heterocycles. The van der Waals surface area contributed by atoms with Gasteiger partial charge in [0, 0.05) is 6.20 Å². The Bertz CT molecular complexity index is 570. The molecule has 0 bridgehead atoms. The number of benzene rings is 1. The van der Waals surface area contributed by atoms with Crippen LogP contribution in [0, 0.1) is 0 Å². The van der Waals surface area contributed by atoms with E-state index in [1.807, 2.05) is 18.2 Å². The summed E-state index contributed by atoms with van der Waals surface area (Å²) in [5.41, 5.74) is 5.60. The molecular weight excluding hydrogens is 266 g/mol. The highest BCUT2D eigenvalue weighted by Crippen LogP contribution is 2.22. The van der Waals surface area contributed by atoms with E-state index >= 15 is 0 Å². The summed E-state index contributed by atoms with van der Waals surface area (Å²) in [4.78, 5) is 12.0. The smallest absolute Gasteiger partial charge is 0.332 e. The molecule has 19 heavy (non-hydrogen) atoms. The predicted octanol–water partition coefficient (Wildman–Crippen LogP) is 1.56. The molecule has 1 heterocycles. The van der Waals surface area contributed by atoms with Crippen LogP contribution >= 0.6 is 11.6 Å². The quantitative estimate of drug-likeness (QED) is 0.863. The molecule has 0 saturated carbocycles. The van der Waals surface area contributed by atoms with Crippen LogP contribution < -0.4 is 5.73 Å². The second kappa shape index (κ2) is 5.42. The molecule has 100 valence electrons. The average Bonchev–Trinajstić information content (AvgIpc) is 2.83. The molecule has 0 spiro atoms. The highest BCUT2D eigenvalue weighted by molar-refractivity contribution is 6.30. The number of nitrogens with two attached hydrogens (primary N) is 1. The maximum atomic E-state index is 12.0. The molecule has 1 aromatic heterocycles. The Morgan fingerprint density at radius 3 is 2.68 bits per heavy atom. The Hall–Kier alpha value is -1.85. The van der Waals surface area contributed by atoms with Crippen molar-refractivity contribution in [1.29, 1.82) is 0 Å². The molecule has 0 fully saturated rings. The molecule has 0 aliphatic carbocycles.